The fourth-order valence-electron chi connectivity index (χ4n) is 3.43. The van der Waals surface area contributed by atoms with Crippen molar-refractivity contribution in [2.45, 2.75) is 37.2 Å². The highest BCUT2D eigenvalue weighted by molar-refractivity contribution is 7.90. The number of nitrogens with one attached hydrogen (secondary N) is 1. The van der Waals surface area contributed by atoms with Crippen LogP contribution in [0.25, 0.3) is 0 Å². The van der Waals surface area contributed by atoms with Gasteiger partial charge >= 0.3 is 0 Å². The van der Waals surface area contributed by atoms with E-state index < -0.39 is 9.84 Å². The van der Waals surface area contributed by atoms with Crippen LogP contribution in [0.1, 0.15) is 51.6 Å². The molecule has 0 bridgehead atoms. The normalized spacial score (nSPS) is 18.4. The third-order valence-corrected chi connectivity index (χ3v) is 6.53. The minimum absolute atomic E-state index is 0.0578. The average molecular weight is 344 g/mol. The predicted molar refractivity (Wildman–Crippen MR) is 92.8 cm³/mol. The van der Waals surface area contributed by atoms with E-state index in [2.05, 4.69) is 9.88 Å². The molecule has 126 valence electrons. The topological polar surface area (TPSA) is 68.2 Å². The van der Waals surface area contributed by atoms with Gasteiger partial charge in [0.05, 0.1) is 17.1 Å². The smallest absolute Gasteiger partial charge is 0.257 e. The zero-order valence-electron chi connectivity index (χ0n) is 13.8. The molecule has 1 aliphatic heterocycles. The van der Waals surface area contributed by atoms with Gasteiger partial charge in [-0.1, -0.05) is 6.07 Å². The second-order valence-electron chi connectivity index (χ2n) is 6.87. The molecule has 1 saturated carbocycles. The first-order valence-electron chi connectivity index (χ1n) is 8.14. The second kappa shape index (κ2) is 5.21. The zero-order valence-corrected chi connectivity index (χ0v) is 14.6. The van der Waals surface area contributed by atoms with E-state index in [1.165, 1.54) is 18.5 Å². The van der Waals surface area contributed by atoms with Crippen molar-refractivity contribution < 1.29 is 13.2 Å². The number of carbonyl (C=O) groups is 1. The van der Waals surface area contributed by atoms with Gasteiger partial charge in [-0.15, -0.1) is 0 Å². The SMILES string of the molecule is Cc1c(C(=O)Nc2ccc3c(c2)CS(=O)(=O)C3)cc(C2CC2)n1C. The summed E-state index contributed by atoms with van der Waals surface area (Å²) in [6, 6.07) is 7.33. The van der Waals surface area contributed by atoms with Gasteiger partial charge in [0.1, 0.15) is 0 Å². The number of nitrogens with zero attached hydrogens (tertiary/aromatic N) is 1. The number of sulfone groups is 1. The van der Waals surface area contributed by atoms with Crippen molar-refractivity contribution in [3.05, 3.63) is 52.3 Å². The first-order valence-corrected chi connectivity index (χ1v) is 9.96. The first kappa shape index (κ1) is 15.4. The van der Waals surface area contributed by atoms with Gasteiger partial charge in [-0.2, -0.15) is 0 Å². The first-order chi connectivity index (χ1) is 11.3. The van der Waals surface area contributed by atoms with Gasteiger partial charge in [-0.05, 0) is 55.0 Å². The summed E-state index contributed by atoms with van der Waals surface area (Å²) >= 11 is 0. The van der Waals surface area contributed by atoms with Crippen LogP contribution in [-0.4, -0.2) is 18.9 Å². The summed E-state index contributed by atoms with van der Waals surface area (Å²) in [5.41, 5.74) is 5.13. The van der Waals surface area contributed by atoms with E-state index in [1.54, 1.807) is 18.2 Å². The summed E-state index contributed by atoms with van der Waals surface area (Å²) in [4.78, 5) is 12.6. The van der Waals surface area contributed by atoms with Crippen LogP contribution < -0.4 is 5.32 Å². The molecule has 5 nitrogen and oxygen atoms in total. The van der Waals surface area contributed by atoms with Gasteiger partial charge in [0, 0.05) is 24.1 Å². The van der Waals surface area contributed by atoms with E-state index in [4.69, 9.17) is 0 Å². The Bertz CT molecular complexity index is 953. The monoisotopic (exact) mass is 344 g/mol. The van der Waals surface area contributed by atoms with E-state index in [0.717, 1.165) is 16.8 Å². The van der Waals surface area contributed by atoms with Gasteiger partial charge in [-0.25, -0.2) is 8.42 Å². The Morgan fingerprint density at radius 2 is 1.88 bits per heavy atom. The van der Waals surface area contributed by atoms with Crippen molar-refractivity contribution in [1.82, 2.24) is 4.57 Å². The maximum absolute atomic E-state index is 12.6. The lowest BCUT2D eigenvalue weighted by Crippen LogP contribution is -2.13. The van der Waals surface area contributed by atoms with Crippen LogP contribution in [-0.2, 0) is 28.4 Å². The maximum atomic E-state index is 12.6. The standard InChI is InChI=1S/C18H20N2O3S/c1-11-16(8-17(20(11)2)12-3-4-12)18(21)19-15-6-5-13-9-24(22,23)10-14(13)7-15/h5-8,12H,3-4,9-10H2,1-2H3,(H,19,21). The number of aromatic nitrogens is 1. The van der Waals surface area contributed by atoms with Crippen LogP contribution in [0.5, 0.6) is 0 Å². The van der Waals surface area contributed by atoms with Crippen molar-refractivity contribution in [2.75, 3.05) is 5.32 Å². The molecule has 0 radical (unpaired) electrons. The Morgan fingerprint density at radius 3 is 2.58 bits per heavy atom. The highest BCUT2D eigenvalue weighted by atomic mass is 32.2. The second-order valence-corrected chi connectivity index (χ2v) is 8.94. The van der Waals surface area contributed by atoms with Gasteiger partial charge in [-0.3, -0.25) is 4.79 Å². The fourth-order valence-corrected chi connectivity index (χ4v) is 5.03. The molecule has 1 amide bonds. The summed E-state index contributed by atoms with van der Waals surface area (Å²) in [5, 5.41) is 2.91. The molecule has 1 fully saturated rings. The van der Waals surface area contributed by atoms with E-state index in [-0.39, 0.29) is 17.4 Å². The molecule has 2 aromatic rings. The predicted octanol–water partition coefficient (Wildman–Crippen LogP) is 2.89. The molecule has 24 heavy (non-hydrogen) atoms. The molecule has 1 N–H and O–H groups in total. The number of carbonyl (C=O) groups excluding carboxylic acids is 1. The Balaban J connectivity index is 1.58. The molecule has 2 aliphatic rings. The van der Waals surface area contributed by atoms with Crippen LogP contribution in [0.3, 0.4) is 0 Å². The Morgan fingerprint density at radius 1 is 1.17 bits per heavy atom. The summed E-state index contributed by atoms with van der Waals surface area (Å²) in [6.45, 7) is 1.95. The molecule has 2 heterocycles. The van der Waals surface area contributed by atoms with Crippen molar-refractivity contribution in [1.29, 1.82) is 0 Å². The molecule has 0 spiro atoms. The van der Waals surface area contributed by atoms with E-state index in [1.807, 2.05) is 20.0 Å². The molecular weight excluding hydrogens is 324 g/mol. The molecule has 0 saturated heterocycles. The van der Waals surface area contributed by atoms with E-state index >= 15 is 0 Å². The lowest BCUT2D eigenvalue weighted by molar-refractivity contribution is 0.102. The number of anilines is 1. The number of fused-ring (bicyclic) bond motifs is 1. The molecule has 6 heteroatoms. The molecular formula is C18H20N2O3S. The van der Waals surface area contributed by atoms with Crippen molar-refractivity contribution in [2.24, 2.45) is 7.05 Å². The van der Waals surface area contributed by atoms with Crippen molar-refractivity contribution in [3.8, 4) is 0 Å². The van der Waals surface area contributed by atoms with Crippen LogP contribution in [0.15, 0.2) is 24.3 Å². The molecule has 1 aromatic carbocycles. The third-order valence-electron chi connectivity index (χ3n) is 5.03. The lowest BCUT2D eigenvalue weighted by Gasteiger charge is -2.07. The maximum Gasteiger partial charge on any atom is 0.257 e. The highest BCUT2D eigenvalue weighted by Crippen LogP contribution is 2.41. The Hall–Kier alpha value is -2.08. The molecule has 4 rings (SSSR count). The van der Waals surface area contributed by atoms with Crippen LogP contribution in [0.2, 0.25) is 0 Å². The summed E-state index contributed by atoms with van der Waals surface area (Å²) in [7, 11) is -1.03. The van der Waals surface area contributed by atoms with Crippen molar-refractivity contribution >= 4 is 21.4 Å². The fraction of sp³-hybridized carbons (Fsp3) is 0.389. The average Bonchev–Trinajstić information content (AvgIpc) is 3.23. The summed E-state index contributed by atoms with van der Waals surface area (Å²) in [6.07, 6.45) is 2.38. The van der Waals surface area contributed by atoms with Gasteiger partial charge in [0.2, 0.25) is 0 Å². The molecule has 1 aliphatic carbocycles. The number of hydrogen-bond donors (Lipinski definition) is 1. The van der Waals surface area contributed by atoms with Crippen LogP contribution in [0.4, 0.5) is 5.69 Å². The van der Waals surface area contributed by atoms with E-state index in [9.17, 15) is 13.2 Å². The minimum atomic E-state index is -3.03. The zero-order chi connectivity index (χ0) is 17.1. The third kappa shape index (κ3) is 2.65. The number of hydrogen-bond acceptors (Lipinski definition) is 3. The van der Waals surface area contributed by atoms with Crippen LogP contribution in [0, 0.1) is 6.92 Å². The van der Waals surface area contributed by atoms with Gasteiger partial charge in [0.25, 0.3) is 5.91 Å². The number of amides is 1. The molecule has 1 aromatic heterocycles. The quantitative estimate of drug-likeness (QED) is 0.931. The number of benzene rings is 1. The molecule has 0 atom stereocenters. The highest BCUT2D eigenvalue weighted by Gasteiger charge is 2.29. The lowest BCUT2D eigenvalue weighted by atomic mass is 10.1. The van der Waals surface area contributed by atoms with Crippen molar-refractivity contribution in [3.63, 3.8) is 0 Å². The number of rotatable bonds is 3. The Labute approximate surface area is 141 Å². The van der Waals surface area contributed by atoms with Gasteiger partial charge in [0.15, 0.2) is 9.84 Å². The summed E-state index contributed by atoms with van der Waals surface area (Å²) < 4.78 is 25.5. The minimum Gasteiger partial charge on any atom is -0.351 e. The summed E-state index contributed by atoms with van der Waals surface area (Å²) in [5.74, 6) is 0.595. The Kier molecular flexibility index (Phi) is 3.35. The van der Waals surface area contributed by atoms with E-state index in [0.29, 0.717) is 17.2 Å². The largest absolute Gasteiger partial charge is 0.351 e. The van der Waals surface area contributed by atoms with Crippen LogP contribution >= 0.6 is 0 Å². The van der Waals surface area contributed by atoms with Gasteiger partial charge < -0.3 is 9.88 Å². The molecule has 0 unspecified atom stereocenters.